The Hall–Kier alpha value is -1.44. The molecule has 0 saturated heterocycles. The van der Waals surface area contributed by atoms with Crippen LogP contribution in [0.5, 0.6) is 0 Å². The maximum atomic E-state index is 12.3. The van der Waals surface area contributed by atoms with Crippen molar-refractivity contribution in [2.45, 2.75) is 25.8 Å². The minimum atomic E-state index is 0. The van der Waals surface area contributed by atoms with E-state index in [4.69, 9.17) is 5.73 Å². The monoisotopic (exact) mass is 413 g/mol. The van der Waals surface area contributed by atoms with Gasteiger partial charge in [-0.3, -0.25) is 9.89 Å². The maximum Gasteiger partial charge on any atom is 0.223 e. The van der Waals surface area contributed by atoms with E-state index in [1.165, 1.54) is 0 Å². The number of H-pyrrole nitrogens is 1. The highest BCUT2D eigenvalue weighted by atomic mass is 79.9. The van der Waals surface area contributed by atoms with Crippen molar-refractivity contribution < 1.29 is 4.79 Å². The summed E-state index contributed by atoms with van der Waals surface area (Å²) in [5.41, 5.74) is 6.67. The number of hydrogen-bond donors (Lipinski definition) is 3. The summed E-state index contributed by atoms with van der Waals surface area (Å²) in [7, 11) is 0. The molecule has 1 heterocycles. The van der Waals surface area contributed by atoms with E-state index < -0.39 is 0 Å². The molecule has 1 saturated carbocycles. The Morgan fingerprint density at radius 3 is 2.79 bits per heavy atom. The van der Waals surface area contributed by atoms with Gasteiger partial charge < -0.3 is 11.1 Å². The molecule has 1 fully saturated rings. The summed E-state index contributed by atoms with van der Waals surface area (Å²) in [6, 6.07) is 7.78. The van der Waals surface area contributed by atoms with Crippen LogP contribution in [0.4, 0.5) is 0 Å². The zero-order valence-corrected chi connectivity index (χ0v) is 15.6. The Labute approximate surface area is 155 Å². The normalized spacial score (nSPS) is 19.8. The first kappa shape index (κ1) is 18.9. The number of amides is 1. The highest BCUT2D eigenvalue weighted by molar-refractivity contribution is 9.10. The molecular formula is C16H21BrClN5O. The molecule has 3 rings (SSSR count). The Morgan fingerprint density at radius 1 is 1.33 bits per heavy atom. The lowest BCUT2D eigenvalue weighted by Crippen LogP contribution is -2.34. The Kier molecular flexibility index (Phi) is 6.77. The van der Waals surface area contributed by atoms with E-state index in [1.807, 2.05) is 24.3 Å². The Balaban J connectivity index is 0.00000208. The molecule has 0 unspecified atom stereocenters. The molecule has 0 radical (unpaired) electrons. The number of benzene rings is 1. The molecule has 1 amide bonds. The van der Waals surface area contributed by atoms with Gasteiger partial charge in [0.15, 0.2) is 5.82 Å². The summed E-state index contributed by atoms with van der Waals surface area (Å²) < 4.78 is 1.01. The highest BCUT2D eigenvalue weighted by Gasteiger charge is 2.31. The predicted molar refractivity (Wildman–Crippen MR) is 98.5 cm³/mol. The third-order valence-electron chi connectivity index (χ3n) is 4.36. The summed E-state index contributed by atoms with van der Waals surface area (Å²) in [5.74, 6) is 1.69. The molecular weight excluding hydrogens is 394 g/mol. The predicted octanol–water partition coefficient (Wildman–Crippen LogP) is 2.65. The molecule has 1 aliphatic carbocycles. The molecule has 24 heavy (non-hydrogen) atoms. The van der Waals surface area contributed by atoms with Crippen molar-refractivity contribution in [1.29, 1.82) is 0 Å². The summed E-state index contributed by atoms with van der Waals surface area (Å²) in [4.78, 5) is 16.7. The van der Waals surface area contributed by atoms with Crippen molar-refractivity contribution in [2.24, 2.45) is 17.6 Å². The lowest BCUT2D eigenvalue weighted by atomic mass is 9.95. The lowest BCUT2D eigenvalue weighted by molar-refractivity contribution is -0.126. The number of carbonyl (C=O) groups excluding carboxylic acids is 1. The van der Waals surface area contributed by atoms with Crippen LogP contribution in [0.2, 0.25) is 0 Å². The number of hydrogen-bond acceptors (Lipinski definition) is 4. The van der Waals surface area contributed by atoms with Gasteiger partial charge in [0.2, 0.25) is 5.91 Å². The van der Waals surface area contributed by atoms with Crippen LogP contribution in [0.25, 0.3) is 11.4 Å². The van der Waals surface area contributed by atoms with Gasteiger partial charge in [-0.1, -0.05) is 34.5 Å². The van der Waals surface area contributed by atoms with Crippen LogP contribution in [0.3, 0.4) is 0 Å². The fourth-order valence-electron chi connectivity index (χ4n) is 3.07. The van der Waals surface area contributed by atoms with E-state index in [0.29, 0.717) is 30.7 Å². The number of nitrogens with zero attached hydrogens (tertiary/aromatic N) is 2. The van der Waals surface area contributed by atoms with Gasteiger partial charge in [-0.25, -0.2) is 4.98 Å². The first-order valence-corrected chi connectivity index (χ1v) is 8.61. The van der Waals surface area contributed by atoms with Crippen LogP contribution < -0.4 is 11.1 Å². The van der Waals surface area contributed by atoms with E-state index in [9.17, 15) is 4.79 Å². The number of rotatable bonds is 5. The van der Waals surface area contributed by atoms with Crippen molar-refractivity contribution in [3.05, 3.63) is 34.6 Å². The summed E-state index contributed by atoms with van der Waals surface area (Å²) >= 11 is 3.40. The molecule has 1 aromatic carbocycles. The number of nitrogens with one attached hydrogen (secondary N) is 2. The SMILES string of the molecule is Cl.NC[C@H]1CCC[C@H]1C(=O)NCc1nc(-c2ccc(Br)cc2)n[nH]1. The third kappa shape index (κ3) is 4.34. The van der Waals surface area contributed by atoms with Gasteiger partial charge in [-0.05, 0) is 37.4 Å². The van der Waals surface area contributed by atoms with Crippen molar-refractivity contribution in [3.8, 4) is 11.4 Å². The average Bonchev–Trinajstić information content (AvgIpc) is 3.22. The molecule has 8 heteroatoms. The molecule has 1 aliphatic rings. The van der Waals surface area contributed by atoms with Crippen LogP contribution in [0.1, 0.15) is 25.1 Å². The highest BCUT2D eigenvalue weighted by Crippen LogP contribution is 2.31. The summed E-state index contributed by atoms with van der Waals surface area (Å²) in [5, 5.41) is 10.0. The van der Waals surface area contributed by atoms with E-state index in [2.05, 4.69) is 36.4 Å². The largest absolute Gasteiger partial charge is 0.349 e. The number of carbonyl (C=O) groups is 1. The first-order chi connectivity index (χ1) is 11.2. The Bertz CT molecular complexity index is 675. The first-order valence-electron chi connectivity index (χ1n) is 7.82. The molecule has 0 bridgehead atoms. The molecule has 4 N–H and O–H groups in total. The molecule has 0 aliphatic heterocycles. The fraction of sp³-hybridized carbons (Fsp3) is 0.438. The molecule has 130 valence electrons. The van der Waals surface area contributed by atoms with Crippen LogP contribution >= 0.6 is 28.3 Å². The summed E-state index contributed by atoms with van der Waals surface area (Å²) in [6.07, 6.45) is 3.05. The minimum absolute atomic E-state index is 0. The van der Waals surface area contributed by atoms with Gasteiger partial charge in [-0.15, -0.1) is 12.4 Å². The Morgan fingerprint density at radius 2 is 2.08 bits per heavy atom. The molecule has 2 aromatic rings. The van der Waals surface area contributed by atoms with Gasteiger partial charge >= 0.3 is 0 Å². The van der Waals surface area contributed by atoms with Gasteiger partial charge in [0.1, 0.15) is 5.82 Å². The number of halogens is 2. The van der Waals surface area contributed by atoms with Crippen molar-refractivity contribution >= 4 is 34.2 Å². The van der Waals surface area contributed by atoms with E-state index in [-0.39, 0.29) is 24.2 Å². The molecule has 2 atom stereocenters. The number of nitrogens with two attached hydrogens (primary N) is 1. The molecule has 1 aromatic heterocycles. The molecule has 6 nitrogen and oxygen atoms in total. The van der Waals surface area contributed by atoms with Gasteiger partial charge in [0, 0.05) is 16.0 Å². The standard InChI is InChI=1S/C16H20BrN5O.ClH/c17-12-6-4-10(5-7-12)15-20-14(21-22-15)9-19-16(23)13-3-1-2-11(13)8-18;/h4-7,11,13H,1-3,8-9,18H2,(H,19,23)(H,20,21,22);1H/t11-,13-;/m1./s1. The zero-order valence-electron chi connectivity index (χ0n) is 13.2. The summed E-state index contributed by atoms with van der Waals surface area (Å²) in [6.45, 7) is 0.935. The van der Waals surface area contributed by atoms with Crippen molar-refractivity contribution in [3.63, 3.8) is 0 Å². The van der Waals surface area contributed by atoms with Crippen molar-refractivity contribution in [2.75, 3.05) is 6.54 Å². The average molecular weight is 415 g/mol. The molecule has 0 spiro atoms. The van der Waals surface area contributed by atoms with Gasteiger partial charge in [0.25, 0.3) is 0 Å². The van der Waals surface area contributed by atoms with E-state index >= 15 is 0 Å². The maximum absolute atomic E-state index is 12.3. The van der Waals surface area contributed by atoms with Gasteiger partial charge in [-0.2, -0.15) is 5.10 Å². The minimum Gasteiger partial charge on any atom is -0.349 e. The lowest BCUT2D eigenvalue weighted by Gasteiger charge is -2.16. The van der Waals surface area contributed by atoms with Crippen LogP contribution in [-0.4, -0.2) is 27.6 Å². The second-order valence-electron chi connectivity index (χ2n) is 5.86. The fourth-order valence-corrected chi connectivity index (χ4v) is 3.33. The topological polar surface area (TPSA) is 96.7 Å². The number of aromatic nitrogens is 3. The van der Waals surface area contributed by atoms with Crippen LogP contribution in [0.15, 0.2) is 28.7 Å². The quantitative estimate of drug-likeness (QED) is 0.700. The van der Waals surface area contributed by atoms with Crippen LogP contribution in [0, 0.1) is 11.8 Å². The second kappa shape index (κ2) is 8.60. The van der Waals surface area contributed by atoms with E-state index in [1.54, 1.807) is 0 Å². The smallest absolute Gasteiger partial charge is 0.223 e. The van der Waals surface area contributed by atoms with E-state index in [0.717, 1.165) is 29.3 Å². The van der Waals surface area contributed by atoms with Gasteiger partial charge in [0.05, 0.1) is 6.54 Å². The third-order valence-corrected chi connectivity index (χ3v) is 4.89. The number of aromatic amines is 1. The second-order valence-corrected chi connectivity index (χ2v) is 6.78. The zero-order chi connectivity index (χ0) is 16.2. The van der Waals surface area contributed by atoms with Crippen LogP contribution in [-0.2, 0) is 11.3 Å². The van der Waals surface area contributed by atoms with Crippen molar-refractivity contribution in [1.82, 2.24) is 20.5 Å².